The van der Waals surface area contributed by atoms with Gasteiger partial charge in [-0.05, 0) is 24.3 Å². The van der Waals surface area contributed by atoms with Gasteiger partial charge in [0.2, 0.25) is 0 Å². The molecule has 0 bridgehead atoms. The highest BCUT2D eigenvalue weighted by Gasteiger charge is 2.17. The number of amides is 1. The quantitative estimate of drug-likeness (QED) is 0.924. The molecule has 2 aromatic carbocycles. The first-order chi connectivity index (χ1) is 9.07. The number of hydrogen-bond donors (Lipinski definition) is 1. The van der Waals surface area contributed by atoms with Crippen LogP contribution in [0.4, 0.5) is 0 Å². The van der Waals surface area contributed by atoms with Crippen molar-refractivity contribution in [3.05, 3.63) is 66.2 Å². The number of carbonyl (C=O) groups is 1. The fourth-order valence-electron chi connectivity index (χ4n) is 1.39. The van der Waals surface area contributed by atoms with Crippen LogP contribution in [0.15, 0.2) is 60.7 Å². The lowest BCUT2D eigenvalue weighted by molar-refractivity contribution is 0.0979. The van der Waals surface area contributed by atoms with Crippen LogP contribution in [0.5, 0.6) is 5.75 Å². The van der Waals surface area contributed by atoms with Crippen molar-refractivity contribution in [3.8, 4) is 5.75 Å². The summed E-state index contributed by atoms with van der Waals surface area (Å²) in [5, 5.41) is 0. The zero-order valence-electron chi connectivity index (χ0n) is 9.81. The van der Waals surface area contributed by atoms with Crippen molar-refractivity contribution in [2.24, 2.45) is 0 Å². The van der Waals surface area contributed by atoms with E-state index in [4.69, 9.17) is 4.18 Å². The van der Waals surface area contributed by atoms with Crippen molar-refractivity contribution >= 4 is 16.2 Å². The maximum atomic E-state index is 11.7. The van der Waals surface area contributed by atoms with Gasteiger partial charge in [0.1, 0.15) is 5.75 Å². The SMILES string of the molecule is O=C(NS(=O)(=O)Oc1ccccc1)c1ccccc1. The van der Waals surface area contributed by atoms with Crippen molar-refractivity contribution in [3.63, 3.8) is 0 Å². The Balaban J connectivity index is 2.08. The molecular formula is C13H11NO4S. The normalized spacial score (nSPS) is 10.7. The minimum absolute atomic E-state index is 0.135. The van der Waals surface area contributed by atoms with E-state index in [9.17, 15) is 13.2 Å². The molecule has 0 aliphatic heterocycles. The second kappa shape index (κ2) is 5.53. The van der Waals surface area contributed by atoms with Crippen LogP contribution < -0.4 is 8.91 Å². The van der Waals surface area contributed by atoms with Crippen molar-refractivity contribution in [1.29, 1.82) is 0 Å². The Bertz CT molecular complexity index is 654. The van der Waals surface area contributed by atoms with E-state index in [1.54, 1.807) is 36.4 Å². The van der Waals surface area contributed by atoms with Crippen LogP contribution in [-0.4, -0.2) is 14.3 Å². The molecule has 0 saturated heterocycles. The van der Waals surface area contributed by atoms with Gasteiger partial charge >= 0.3 is 10.3 Å². The Hall–Kier alpha value is -2.34. The molecule has 0 unspecified atom stereocenters. The summed E-state index contributed by atoms with van der Waals surface area (Å²) in [4.78, 5) is 11.7. The molecule has 0 spiro atoms. The topological polar surface area (TPSA) is 72.5 Å². The number of nitrogens with one attached hydrogen (secondary N) is 1. The van der Waals surface area contributed by atoms with Crippen LogP contribution >= 0.6 is 0 Å². The summed E-state index contributed by atoms with van der Waals surface area (Å²) in [5.41, 5.74) is 0.239. The molecule has 98 valence electrons. The molecule has 1 N–H and O–H groups in total. The van der Waals surface area contributed by atoms with E-state index in [1.165, 1.54) is 24.3 Å². The molecule has 0 saturated carbocycles. The van der Waals surface area contributed by atoms with Crippen LogP contribution in [-0.2, 0) is 10.3 Å². The lowest BCUT2D eigenvalue weighted by Crippen LogP contribution is -2.33. The zero-order valence-corrected chi connectivity index (χ0v) is 10.6. The average Bonchev–Trinajstić information content (AvgIpc) is 2.39. The number of rotatable bonds is 4. The Kier molecular flexibility index (Phi) is 3.82. The second-order valence-corrected chi connectivity index (χ2v) is 4.93. The second-order valence-electron chi connectivity index (χ2n) is 3.65. The maximum absolute atomic E-state index is 11.7. The summed E-state index contributed by atoms with van der Waals surface area (Å²) in [6.07, 6.45) is 0. The molecule has 2 rings (SSSR count). The van der Waals surface area contributed by atoms with Gasteiger partial charge in [0.05, 0.1) is 0 Å². The first kappa shape index (κ1) is 13.1. The zero-order chi connectivity index (χ0) is 13.7. The van der Waals surface area contributed by atoms with Gasteiger partial charge in [0, 0.05) is 5.56 Å². The van der Waals surface area contributed by atoms with E-state index >= 15 is 0 Å². The molecule has 0 atom stereocenters. The monoisotopic (exact) mass is 277 g/mol. The Morgan fingerprint density at radius 3 is 2.00 bits per heavy atom. The minimum atomic E-state index is -4.18. The lowest BCUT2D eigenvalue weighted by atomic mass is 10.2. The van der Waals surface area contributed by atoms with Crippen LogP contribution in [0.1, 0.15) is 10.4 Å². The Labute approximate surface area is 111 Å². The molecule has 19 heavy (non-hydrogen) atoms. The standard InChI is InChI=1S/C13H11NO4S/c15-13(11-7-3-1-4-8-11)14-19(16,17)18-12-9-5-2-6-10-12/h1-10H,(H,14,15). The molecule has 1 amide bonds. The van der Waals surface area contributed by atoms with Crippen molar-refractivity contribution in [1.82, 2.24) is 4.72 Å². The Morgan fingerprint density at radius 1 is 0.895 bits per heavy atom. The van der Waals surface area contributed by atoms with E-state index in [1.807, 2.05) is 4.72 Å². The fraction of sp³-hybridized carbons (Fsp3) is 0. The molecule has 5 nitrogen and oxygen atoms in total. The molecule has 6 heteroatoms. The van der Waals surface area contributed by atoms with Crippen LogP contribution in [0.2, 0.25) is 0 Å². The third-order valence-electron chi connectivity index (χ3n) is 2.20. The maximum Gasteiger partial charge on any atom is 0.409 e. The minimum Gasteiger partial charge on any atom is -0.367 e. The first-order valence-electron chi connectivity index (χ1n) is 5.43. The fourth-order valence-corrected chi connectivity index (χ4v) is 2.14. The van der Waals surface area contributed by atoms with E-state index in [0.29, 0.717) is 0 Å². The van der Waals surface area contributed by atoms with Crippen molar-refractivity contribution < 1.29 is 17.4 Å². The van der Waals surface area contributed by atoms with E-state index < -0.39 is 16.2 Å². The number of benzene rings is 2. The average molecular weight is 277 g/mol. The molecule has 0 radical (unpaired) electrons. The number of hydrogen-bond acceptors (Lipinski definition) is 4. The third-order valence-corrected chi connectivity index (χ3v) is 3.05. The van der Waals surface area contributed by atoms with Gasteiger partial charge in [0.25, 0.3) is 5.91 Å². The molecular weight excluding hydrogens is 266 g/mol. The van der Waals surface area contributed by atoms with Gasteiger partial charge in [-0.15, -0.1) is 0 Å². The number of carbonyl (C=O) groups excluding carboxylic acids is 1. The molecule has 0 aliphatic carbocycles. The third kappa shape index (κ3) is 3.82. The van der Waals surface area contributed by atoms with Crippen molar-refractivity contribution in [2.45, 2.75) is 0 Å². The summed E-state index contributed by atoms with van der Waals surface area (Å²) in [5.74, 6) is -0.604. The number of para-hydroxylation sites is 1. The van der Waals surface area contributed by atoms with Crippen LogP contribution in [0.25, 0.3) is 0 Å². The van der Waals surface area contributed by atoms with Gasteiger partial charge < -0.3 is 4.18 Å². The lowest BCUT2D eigenvalue weighted by Gasteiger charge is -2.07. The smallest absolute Gasteiger partial charge is 0.367 e. The summed E-state index contributed by atoms with van der Waals surface area (Å²) in [6, 6.07) is 16.0. The largest absolute Gasteiger partial charge is 0.409 e. The van der Waals surface area contributed by atoms with E-state index in [2.05, 4.69) is 0 Å². The van der Waals surface area contributed by atoms with Gasteiger partial charge in [-0.25, -0.2) is 4.72 Å². The summed E-state index contributed by atoms with van der Waals surface area (Å²) in [6.45, 7) is 0. The Morgan fingerprint density at radius 2 is 1.42 bits per heavy atom. The predicted molar refractivity (Wildman–Crippen MR) is 69.9 cm³/mol. The summed E-state index contributed by atoms with van der Waals surface area (Å²) in [7, 11) is -4.18. The van der Waals surface area contributed by atoms with Gasteiger partial charge in [0.15, 0.2) is 0 Å². The highest BCUT2D eigenvalue weighted by atomic mass is 32.2. The van der Waals surface area contributed by atoms with E-state index in [-0.39, 0.29) is 11.3 Å². The first-order valence-corrected chi connectivity index (χ1v) is 6.84. The van der Waals surface area contributed by atoms with Gasteiger partial charge in [-0.3, -0.25) is 4.79 Å². The summed E-state index contributed by atoms with van der Waals surface area (Å²) >= 11 is 0. The molecule has 0 fully saturated rings. The van der Waals surface area contributed by atoms with Gasteiger partial charge in [-0.2, -0.15) is 8.42 Å². The highest BCUT2D eigenvalue weighted by molar-refractivity contribution is 7.85. The molecule has 2 aromatic rings. The van der Waals surface area contributed by atoms with Crippen LogP contribution in [0.3, 0.4) is 0 Å². The molecule has 0 aromatic heterocycles. The van der Waals surface area contributed by atoms with E-state index in [0.717, 1.165) is 0 Å². The van der Waals surface area contributed by atoms with Crippen molar-refractivity contribution in [2.75, 3.05) is 0 Å². The van der Waals surface area contributed by atoms with Crippen LogP contribution in [0, 0.1) is 0 Å². The van der Waals surface area contributed by atoms with Gasteiger partial charge in [-0.1, -0.05) is 36.4 Å². The molecule has 0 heterocycles. The highest BCUT2D eigenvalue weighted by Crippen LogP contribution is 2.11. The molecule has 0 aliphatic rings. The predicted octanol–water partition coefficient (Wildman–Crippen LogP) is 1.74. The summed E-state index contributed by atoms with van der Waals surface area (Å²) < 4.78 is 29.8.